The number of amides is 1. The molecule has 2 aromatic rings. The lowest BCUT2D eigenvalue weighted by Gasteiger charge is -2.15. The number of nitrogens with one attached hydrogen (secondary N) is 1. The molecule has 0 saturated carbocycles. The van der Waals surface area contributed by atoms with Crippen LogP contribution in [0.4, 0.5) is 5.69 Å². The van der Waals surface area contributed by atoms with Crippen molar-refractivity contribution in [1.29, 1.82) is 0 Å². The molecule has 1 N–H and O–H groups in total. The van der Waals surface area contributed by atoms with Crippen LogP contribution in [0.25, 0.3) is 0 Å². The molecule has 21 heavy (non-hydrogen) atoms. The topological polar surface area (TPSA) is 92.3 Å². The molecule has 0 aliphatic carbocycles. The molecule has 2 rings (SSSR count). The first-order valence-electron chi connectivity index (χ1n) is 5.94. The molecule has 0 spiro atoms. The number of hydrogen-bond donors (Lipinski definition) is 1. The smallest absolute Gasteiger partial charge is 0.269 e. The first-order chi connectivity index (χ1) is 9.82. The highest BCUT2D eigenvalue weighted by molar-refractivity contribution is 7.89. The van der Waals surface area contributed by atoms with E-state index >= 15 is 0 Å². The highest BCUT2D eigenvalue weighted by Gasteiger charge is 2.20. The lowest BCUT2D eigenvalue weighted by atomic mass is 10.2. The zero-order valence-corrected chi connectivity index (χ0v) is 13.3. The molecule has 0 radical (unpaired) electrons. The van der Waals surface area contributed by atoms with Crippen molar-refractivity contribution in [3.63, 3.8) is 0 Å². The monoisotopic (exact) mass is 326 g/mol. The van der Waals surface area contributed by atoms with Crippen LogP contribution in [0.2, 0.25) is 0 Å². The fraction of sp³-hybridized carbons (Fsp3) is 0.250. The second kappa shape index (κ2) is 5.88. The molecule has 0 atom stereocenters. The first kappa shape index (κ1) is 15.5. The van der Waals surface area contributed by atoms with Crippen LogP contribution < -0.4 is 5.32 Å². The highest BCUT2D eigenvalue weighted by atomic mass is 32.2. The van der Waals surface area contributed by atoms with Gasteiger partial charge in [-0.2, -0.15) is 0 Å². The average Bonchev–Trinajstić information content (AvgIpc) is 2.94. The molecular weight excluding hydrogens is 312 g/mol. The van der Waals surface area contributed by atoms with Crippen molar-refractivity contribution >= 4 is 33.2 Å². The molecule has 0 saturated heterocycles. The van der Waals surface area contributed by atoms with Gasteiger partial charge in [-0.25, -0.2) is 12.7 Å². The van der Waals surface area contributed by atoms with Gasteiger partial charge in [0.2, 0.25) is 10.0 Å². The molecule has 1 aromatic heterocycles. The molecule has 1 heterocycles. The molecule has 1 amide bonds. The van der Waals surface area contributed by atoms with Crippen LogP contribution in [-0.2, 0) is 10.0 Å². The number of aromatic nitrogens is 2. The van der Waals surface area contributed by atoms with Gasteiger partial charge >= 0.3 is 0 Å². The van der Waals surface area contributed by atoms with E-state index in [4.69, 9.17) is 0 Å². The number of anilines is 1. The van der Waals surface area contributed by atoms with Crippen LogP contribution in [-0.4, -0.2) is 42.3 Å². The number of sulfonamides is 1. The molecule has 112 valence electrons. The average molecular weight is 326 g/mol. The molecule has 0 aliphatic rings. The SMILES string of the molecule is Cc1ccc(NC(=O)c2cnns2)cc1S(=O)(=O)N(C)C. The van der Waals surface area contributed by atoms with E-state index < -0.39 is 10.0 Å². The Morgan fingerprint density at radius 1 is 1.33 bits per heavy atom. The molecule has 1 aromatic carbocycles. The van der Waals surface area contributed by atoms with Crippen molar-refractivity contribution in [2.75, 3.05) is 19.4 Å². The maximum atomic E-state index is 12.2. The summed E-state index contributed by atoms with van der Waals surface area (Å²) in [5, 5.41) is 6.22. The summed E-state index contributed by atoms with van der Waals surface area (Å²) in [5.41, 5.74) is 1.01. The van der Waals surface area contributed by atoms with Gasteiger partial charge in [-0.05, 0) is 36.2 Å². The summed E-state index contributed by atoms with van der Waals surface area (Å²) in [6, 6.07) is 4.74. The summed E-state index contributed by atoms with van der Waals surface area (Å²) in [7, 11) is -0.637. The van der Waals surface area contributed by atoms with Crippen molar-refractivity contribution < 1.29 is 13.2 Å². The molecule has 7 nitrogen and oxygen atoms in total. The Hall–Kier alpha value is -1.84. The Morgan fingerprint density at radius 2 is 2.05 bits per heavy atom. The van der Waals surface area contributed by atoms with E-state index in [2.05, 4.69) is 14.9 Å². The summed E-state index contributed by atoms with van der Waals surface area (Å²) in [5.74, 6) is -0.373. The van der Waals surface area contributed by atoms with Crippen molar-refractivity contribution in [3.05, 3.63) is 34.8 Å². The van der Waals surface area contributed by atoms with Gasteiger partial charge < -0.3 is 5.32 Å². The Balaban J connectivity index is 2.34. The number of rotatable bonds is 4. The highest BCUT2D eigenvalue weighted by Crippen LogP contribution is 2.22. The molecule has 0 aliphatic heterocycles. The van der Waals surface area contributed by atoms with Crippen LogP contribution in [0.3, 0.4) is 0 Å². The van der Waals surface area contributed by atoms with Crippen molar-refractivity contribution in [3.8, 4) is 0 Å². The third-order valence-corrected chi connectivity index (χ3v) is 5.41. The van der Waals surface area contributed by atoms with E-state index in [0.717, 1.165) is 15.8 Å². The Kier molecular flexibility index (Phi) is 4.35. The van der Waals surface area contributed by atoms with Crippen LogP contribution in [0.5, 0.6) is 0 Å². The van der Waals surface area contributed by atoms with E-state index in [1.165, 1.54) is 26.4 Å². The summed E-state index contributed by atoms with van der Waals surface area (Å²) in [6.07, 6.45) is 1.35. The van der Waals surface area contributed by atoms with E-state index in [1.807, 2.05) is 0 Å². The van der Waals surface area contributed by atoms with Crippen molar-refractivity contribution in [2.45, 2.75) is 11.8 Å². The molecular formula is C12H14N4O3S2. The minimum atomic E-state index is -3.56. The minimum absolute atomic E-state index is 0.160. The zero-order valence-electron chi connectivity index (χ0n) is 11.7. The number of hydrogen-bond acceptors (Lipinski definition) is 6. The van der Waals surface area contributed by atoms with Gasteiger partial charge in [0.25, 0.3) is 5.91 Å². The Bertz CT molecular complexity index is 755. The summed E-state index contributed by atoms with van der Waals surface area (Å²) in [6.45, 7) is 1.70. The van der Waals surface area contributed by atoms with Crippen molar-refractivity contribution in [1.82, 2.24) is 13.9 Å². The number of carbonyl (C=O) groups is 1. The van der Waals surface area contributed by atoms with E-state index in [1.54, 1.807) is 19.1 Å². The van der Waals surface area contributed by atoms with Gasteiger partial charge in [0.15, 0.2) is 0 Å². The fourth-order valence-corrected chi connectivity index (χ4v) is 3.17. The maximum Gasteiger partial charge on any atom is 0.269 e. The lowest BCUT2D eigenvalue weighted by Crippen LogP contribution is -2.23. The number of carbonyl (C=O) groups excluding carboxylic acids is 1. The van der Waals surface area contributed by atoms with Gasteiger partial charge in [-0.1, -0.05) is 10.6 Å². The van der Waals surface area contributed by atoms with Gasteiger partial charge in [0, 0.05) is 19.8 Å². The largest absolute Gasteiger partial charge is 0.321 e. The Morgan fingerprint density at radius 3 is 2.62 bits per heavy atom. The lowest BCUT2D eigenvalue weighted by molar-refractivity contribution is 0.103. The summed E-state index contributed by atoms with van der Waals surface area (Å²) in [4.78, 5) is 12.4. The van der Waals surface area contributed by atoms with E-state index in [-0.39, 0.29) is 10.8 Å². The van der Waals surface area contributed by atoms with E-state index in [0.29, 0.717) is 16.1 Å². The zero-order chi connectivity index (χ0) is 15.6. The van der Waals surface area contributed by atoms with E-state index in [9.17, 15) is 13.2 Å². The van der Waals surface area contributed by atoms with Gasteiger partial charge in [-0.15, -0.1) is 5.10 Å². The van der Waals surface area contributed by atoms with Crippen LogP contribution >= 0.6 is 11.5 Å². The second-order valence-electron chi connectivity index (χ2n) is 4.50. The van der Waals surface area contributed by atoms with Gasteiger partial charge in [-0.3, -0.25) is 4.79 Å². The predicted octanol–water partition coefficient (Wildman–Crippen LogP) is 1.35. The number of benzene rings is 1. The number of aryl methyl sites for hydroxylation is 1. The van der Waals surface area contributed by atoms with Gasteiger partial charge in [0.1, 0.15) is 4.88 Å². The summed E-state index contributed by atoms with van der Waals surface area (Å²) >= 11 is 0.968. The molecule has 0 unspecified atom stereocenters. The molecule has 0 fully saturated rings. The summed E-state index contributed by atoms with van der Waals surface area (Å²) < 4.78 is 29.2. The first-order valence-corrected chi connectivity index (χ1v) is 8.15. The minimum Gasteiger partial charge on any atom is -0.321 e. The third kappa shape index (κ3) is 3.26. The van der Waals surface area contributed by atoms with Crippen molar-refractivity contribution in [2.24, 2.45) is 0 Å². The quantitative estimate of drug-likeness (QED) is 0.915. The fourth-order valence-electron chi connectivity index (χ4n) is 1.61. The Labute approximate surface area is 126 Å². The van der Waals surface area contributed by atoms with Crippen LogP contribution in [0.1, 0.15) is 15.2 Å². The normalized spacial score (nSPS) is 11.6. The predicted molar refractivity (Wildman–Crippen MR) is 79.9 cm³/mol. The maximum absolute atomic E-state index is 12.2. The molecule has 0 bridgehead atoms. The number of nitrogens with zero attached hydrogens (tertiary/aromatic N) is 3. The standard InChI is InChI=1S/C12H14N4O3S2/c1-8-4-5-9(6-11(8)21(18,19)16(2)3)14-12(17)10-7-13-15-20-10/h4-7H,1-3H3,(H,14,17). The van der Waals surface area contributed by atoms with Crippen LogP contribution in [0, 0.1) is 6.92 Å². The third-order valence-electron chi connectivity index (χ3n) is 2.79. The molecule has 9 heteroatoms. The van der Waals surface area contributed by atoms with Crippen LogP contribution in [0.15, 0.2) is 29.3 Å². The van der Waals surface area contributed by atoms with Gasteiger partial charge in [0.05, 0.1) is 11.1 Å². The second-order valence-corrected chi connectivity index (χ2v) is 7.41.